The number of aromatic nitrogens is 1. The van der Waals surface area contributed by atoms with Gasteiger partial charge in [-0.15, -0.1) is 0 Å². The second-order valence-corrected chi connectivity index (χ2v) is 6.27. The van der Waals surface area contributed by atoms with Crippen molar-refractivity contribution >= 4 is 11.6 Å². The number of unbranched alkanes of at least 4 members (excludes halogenated alkanes) is 7. The normalized spacial score (nSPS) is 11.5. The molecule has 1 rings (SSSR count). The van der Waals surface area contributed by atoms with Gasteiger partial charge in [0.05, 0.1) is 0 Å². The fraction of sp³-hybridized carbons (Fsp3) is 0.632. The van der Waals surface area contributed by atoms with E-state index in [1.54, 1.807) is 12.3 Å². The highest BCUT2D eigenvalue weighted by atomic mass is 16.2. The summed E-state index contributed by atoms with van der Waals surface area (Å²) >= 11 is 0. The first-order valence-corrected chi connectivity index (χ1v) is 8.92. The topological polar surface area (TPSA) is 45.3 Å². The summed E-state index contributed by atoms with van der Waals surface area (Å²) in [7, 11) is 1.90. The maximum Gasteiger partial charge on any atom is 0.277 e. The lowest BCUT2D eigenvalue weighted by atomic mass is 10.1. The summed E-state index contributed by atoms with van der Waals surface area (Å²) in [4.78, 5) is 12.0. The van der Waals surface area contributed by atoms with Crippen molar-refractivity contribution in [1.29, 1.82) is 0 Å². The molecule has 0 aromatic carbocycles. The summed E-state index contributed by atoms with van der Waals surface area (Å²) in [5.41, 5.74) is 4.25. The van der Waals surface area contributed by atoms with Gasteiger partial charge in [-0.2, -0.15) is 5.10 Å². The Morgan fingerprint density at radius 2 is 1.78 bits per heavy atom. The van der Waals surface area contributed by atoms with Gasteiger partial charge in [0.1, 0.15) is 12.6 Å². The van der Waals surface area contributed by atoms with Gasteiger partial charge in [0.2, 0.25) is 0 Å². The standard InChI is InChI=1S/C19H31N3O/c1-4-5-6-7-8-9-10-11-13-17(2)20-21-19(23)18-14-12-15-22(3)16-18/h12,14-16H,4-11,13H2,1-3H3/p+1. The number of nitrogens with one attached hydrogen (secondary N) is 1. The Morgan fingerprint density at radius 3 is 2.43 bits per heavy atom. The third-order valence-corrected chi connectivity index (χ3v) is 3.94. The zero-order chi connectivity index (χ0) is 16.9. The Labute approximate surface area is 141 Å². The van der Waals surface area contributed by atoms with Gasteiger partial charge in [0.25, 0.3) is 5.91 Å². The molecule has 0 saturated carbocycles. The Hall–Kier alpha value is -1.71. The summed E-state index contributed by atoms with van der Waals surface area (Å²) < 4.78 is 1.85. The van der Waals surface area contributed by atoms with Crippen LogP contribution in [0.3, 0.4) is 0 Å². The van der Waals surface area contributed by atoms with Crippen LogP contribution >= 0.6 is 0 Å². The molecule has 1 N–H and O–H groups in total. The van der Waals surface area contributed by atoms with Crippen molar-refractivity contribution in [3.63, 3.8) is 0 Å². The molecule has 1 heterocycles. The molecule has 128 valence electrons. The third kappa shape index (κ3) is 9.11. The van der Waals surface area contributed by atoms with E-state index in [1.807, 2.05) is 30.8 Å². The van der Waals surface area contributed by atoms with Gasteiger partial charge in [0.15, 0.2) is 12.4 Å². The summed E-state index contributed by atoms with van der Waals surface area (Å²) in [6.07, 6.45) is 15.1. The molecule has 0 bridgehead atoms. The highest BCUT2D eigenvalue weighted by Gasteiger charge is 2.07. The van der Waals surface area contributed by atoms with E-state index in [-0.39, 0.29) is 5.91 Å². The largest absolute Gasteiger partial charge is 0.277 e. The minimum Gasteiger partial charge on any atom is -0.267 e. The van der Waals surface area contributed by atoms with Crippen LogP contribution in [-0.4, -0.2) is 11.6 Å². The van der Waals surface area contributed by atoms with E-state index in [2.05, 4.69) is 17.5 Å². The maximum absolute atomic E-state index is 12.0. The molecule has 1 aromatic rings. The van der Waals surface area contributed by atoms with Crippen LogP contribution in [-0.2, 0) is 7.05 Å². The van der Waals surface area contributed by atoms with E-state index < -0.39 is 0 Å². The number of hydrogen-bond donors (Lipinski definition) is 1. The number of hydrazone groups is 1. The molecule has 1 amide bonds. The number of pyridine rings is 1. The average molecular weight is 318 g/mol. The highest BCUT2D eigenvalue weighted by molar-refractivity contribution is 5.94. The number of hydrogen-bond acceptors (Lipinski definition) is 2. The van der Waals surface area contributed by atoms with Crippen molar-refractivity contribution in [3.8, 4) is 0 Å². The first kappa shape index (κ1) is 19.3. The van der Waals surface area contributed by atoms with Crippen LogP contribution in [0.25, 0.3) is 0 Å². The van der Waals surface area contributed by atoms with Gasteiger partial charge < -0.3 is 0 Å². The molecule has 0 spiro atoms. The van der Waals surface area contributed by atoms with Crippen molar-refractivity contribution in [2.24, 2.45) is 12.1 Å². The molecule has 0 aliphatic heterocycles. The SMILES string of the molecule is CCCCCCCCCCC(C)=NNC(=O)c1ccc[n+](C)c1. The molecule has 0 radical (unpaired) electrons. The maximum atomic E-state index is 12.0. The Balaban J connectivity index is 2.16. The van der Waals surface area contributed by atoms with Gasteiger partial charge in [-0.05, 0) is 25.8 Å². The highest BCUT2D eigenvalue weighted by Crippen LogP contribution is 2.09. The third-order valence-electron chi connectivity index (χ3n) is 3.94. The minimum atomic E-state index is -0.156. The number of carbonyl (C=O) groups excluding carboxylic acids is 1. The van der Waals surface area contributed by atoms with Crippen LogP contribution in [0.4, 0.5) is 0 Å². The predicted octanol–water partition coefficient (Wildman–Crippen LogP) is 4.15. The molecule has 4 nitrogen and oxygen atoms in total. The van der Waals surface area contributed by atoms with E-state index >= 15 is 0 Å². The van der Waals surface area contributed by atoms with Gasteiger partial charge in [0, 0.05) is 11.8 Å². The molecule has 0 aliphatic carbocycles. The molecule has 23 heavy (non-hydrogen) atoms. The number of rotatable bonds is 11. The number of nitrogens with zero attached hydrogens (tertiary/aromatic N) is 2. The van der Waals surface area contributed by atoms with Crippen LogP contribution in [0.5, 0.6) is 0 Å². The van der Waals surface area contributed by atoms with Crippen LogP contribution in [0, 0.1) is 0 Å². The molecule has 0 saturated heterocycles. The zero-order valence-corrected chi connectivity index (χ0v) is 15.0. The van der Waals surface area contributed by atoms with Gasteiger partial charge in [-0.25, -0.2) is 9.99 Å². The first-order valence-electron chi connectivity index (χ1n) is 8.92. The zero-order valence-electron chi connectivity index (χ0n) is 15.0. The summed E-state index contributed by atoms with van der Waals surface area (Å²) in [5.74, 6) is -0.156. The van der Waals surface area contributed by atoms with E-state index in [1.165, 1.54) is 44.9 Å². The molecule has 0 fully saturated rings. The second kappa shape index (κ2) is 11.8. The van der Waals surface area contributed by atoms with Crippen molar-refractivity contribution in [3.05, 3.63) is 30.1 Å². The first-order chi connectivity index (χ1) is 11.1. The summed E-state index contributed by atoms with van der Waals surface area (Å²) in [6.45, 7) is 4.23. The van der Waals surface area contributed by atoms with Crippen molar-refractivity contribution < 1.29 is 9.36 Å². The Morgan fingerprint density at radius 1 is 1.13 bits per heavy atom. The average Bonchev–Trinajstić information content (AvgIpc) is 2.55. The lowest BCUT2D eigenvalue weighted by Crippen LogP contribution is -2.30. The van der Waals surface area contributed by atoms with Crippen molar-refractivity contribution in [2.45, 2.75) is 71.6 Å². The van der Waals surface area contributed by atoms with E-state index in [0.29, 0.717) is 5.56 Å². The summed E-state index contributed by atoms with van der Waals surface area (Å²) in [5, 5.41) is 4.20. The molecular weight excluding hydrogens is 286 g/mol. The molecular formula is C19H32N3O+. The monoisotopic (exact) mass is 318 g/mol. The second-order valence-electron chi connectivity index (χ2n) is 6.27. The molecule has 1 aromatic heterocycles. The molecule has 0 atom stereocenters. The van der Waals surface area contributed by atoms with E-state index in [9.17, 15) is 4.79 Å². The number of amides is 1. The van der Waals surface area contributed by atoms with Crippen molar-refractivity contribution in [1.82, 2.24) is 5.43 Å². The van der Waals surface area contributed by atoms with Crippen LogP contribution in [0.15, 0.2) is 29.6 Å². The quantitative estimate of drug-likeness (QED) is 0.283. The Kier molecular flexibility index (Phi) is 9.92. The van der Waals surface area contributed by atoms with Crippen LogP contribution < -0.4 is 9.99 Å². The minimum absolute atomic E-state index is 0.156. The lowest BCUT2D eigenvalue weighted by molar-refractivity contribution is -0.671. The fourth-order valence-electron chi connectivity index (χ4n) is 2.50. The predicted molar refractivity (Wildman–Crippen MR) is 95.4 cm³/mol. The fourth-order valence-corrected chi connectivity index (χ4v) is 2.50. The summed E-state index contributed by atoms with van der Waals surface area (Å²) in [6, 6.07) is 3.64. The van der Waals surface area contributed by atoms with Crippen molar-refractivity contribution in [2.75, 3.05) is 0 Å². The molecule has 0 aliphatic rings. The number of carbonyl (C=O) groups is 1. The molecule has 0 unspecified atom stereocenters. The lowest BCUT2D eigenvalue weighted by Gasteiger charge is -2.03. The van der Waals surface area contributed by atoms with Crippen LogP contribution in [0.2, 0.25) is 0 Å². The number of aryl methyl sites for hydroxylation is 1. The van der Waals surface area contributed by atoms with Gasteiger partial charge in [-0.1, -0.05) is 51.9 Å². The molecule has 4 heteroatoms. The smallest absolute Gasteiger partial charge is 0.267 e. The van der Waals surface area contributed by atoms with Gasteiger partial charge >= 0.3 is 0 Å². The van der Waals surface area contributed by atoms with Crippen LogP contribution in [0.1, 0.15) is 82.0 Å². The van der Waals surface area contributed by atoms with Gasteiger partial charge in [-0.3, -0.25) is 4.79 Å². The van der Waals surface area contributed by atoms with E-state index in [4.69, 9.17) is 0 Å². The van der Waals surface area contributed by atoms with E-state index in [0.717, 1.165) is 18.6 Å². The Bertz CT molecular complexity index is 497.